The molecular formula is C51H78N2O13P+. The summed E-state index contributed by atoms with van der Waals surface area (Å²) in [5, 5.41) is 26.7. The molecule has 15 nitrogen and oxygen atoms in total. The number of hydrogen-bond donors (Lipinski definition) is 3. The first-order valence-electron chi connectivity index (χ1n) is 24.4. The minimum absolute atomic E-state index is 0.0191. The van der Waals surface area contributed by atoms with Crippen molar-refractivity contribution in [2.24, 2.45) is 41.4 Å². The van der Waals surface area contributed by atoms with E-state index in [1.807, 2.05) is 51.2 Å². The number of methoxy groups -OCH3 is 3. The molecule has 0 radical (unpaired) electrons. The van der Waals surface area contributed by atoms with Crippen LogP contribution in [0.3, 0.4) is 0 Å². The number of fused-ring (bicyclic) bond motifs is 4. The Morgan fingerprint density at radius 1 is 0.896 bits per heavy atom. The van der Waals surface area contributed by atoms with E-state index >= 15 is 0 Å². The molecule has 1 amide bonds. The number of carbonyl (C=O) groups is 5. The molecule has 4 aliphatic heterocycles. The third kappa shape index (κ3) is 13.3. The molecule has 1 saturated carbocycles. The Labute approximate surface area is 398 Å². The maximum Gasteiger partial charge on any atom is 0.429 e. The number of nitrogens with zero attached hydrogens (tertiary/aromatic N) is 1. The van der Waals surface area contributed by atoms with E-state index in [2.05, 4.69) is 5.09 Å². The van der Waals surface area contributed by atoms with Crippen LogP contribution in [0.25, 0.3) is 0 Å². The monoisotopic (exact) mass is 958 g/mol. The minimum Gasteiger partial charge on any atom is -0.460 e. The summed E-state index contributed by atoms with van der Waals surface area (Å²) in [7, 11) is 2.98. The van der Waals surface area contributed by atoms with Gasteiger partial charge in [0.25, 0.3) is 11.7 Å². The number of carbonyl (C=O) groups excluding carboxylic acids is 5. The molecule has 5 rings (SSSR count). The van der Waals surface area contributed by atoms with Crippen LogP contribution in [-0.2, 0) is 52.2 Å². The van der Waals surface area contributed by atoms with Crippen molar-refractivity contribution in [3.63, 3.8) is 0 Å². The molecule has 1 aliphatic carbocycles. The summed E-state index contributed by atoms with van der Waals surface area (Å²) >= 11 is 0. The van der Waals surface area contributed by atoms with Crippen molar-refractivity contribution in [2.75, 3.05) is 34.5 Å². The van der Waals surface area contributed by atoms with Gasteiger partial charge in [-0.05, 0) is 101 Å². The van der Waals surface area contributed by atoms with Gasteiger partial charge in [-0.15, -0.1) is 5.09 Å². The number of rotatable bonds is 7. The van der Waals surface area contributed by atoms with Gasteiger partial charge in [-0.2, -0.15) is 0 Å². The van der Waals surface area contributed by atoms with Gasteiger partial charge in [-0.1, -0.05) is 68.7 Å². The normalized spacial score (nSPS) is 42.0. The van der Waals surface area contributed by atoms with Crippen molar-refractivity contribution in [1.82, 2.24) is 9.99 Å². The van der Waals surface area contributed by atoms with Crippen molar-refractivity contribution >= 4 is 37.2 Å². The highest BCUT2D eigenvalue weighted by Crippen LogP contribution is 2.45. The number of hydrogen-bond acceptors (Lipinski definition) is 13. The van der Waals surface area contributed by atoms with Gasteiger partial charge in [0.15, 0.2) is 12.4 Å². The Morgan fingerprint density at radius 3 is 2.30 bits per heavy atom. The van der Waals surface area contributed by atoms with Gasteiger partial charge in [-0.25, -0.2) is 4.79 Å². The van der Waals surface area contributed by atoms with E-state index in [9.17, 15) is 38.8 Å². The number of esters is 1. The summed E-state index contributed by atoms with van der Waals surface area (Å²) in [6.45, 7) is 12.5. The lowest BCUT2D eigenvalue weighted by Crippen LogP contribution is -2.65. The Hall–Kier alpha value is -3.27. The van der Waals surface area contributed by atoms with Gasteiger partial charge >= 0.3 is 13.9 Å². The summed E-state index contributed by atoms with van der Waals surface area (Å²) in [6.07, 6.45) is 11.9. The highest BCUT2D eigenvalue weighted by Gasteiger charge is 2.57. The predicted molar refractivity (Wildman–Crippen MR) is 253 cm³/mol. The molecule has 4 heterocycles. The van der Waals surface area contributed by atoms with Gasteiger partial charge in [-0.3, -0.25) is 19.2 Å². The second-order valence-electron chi connectivity index (χ2n) is 20.2. The topological polar surface area (TPSA) is 204 Å². The van der Waals surface area contributed by atoms with Crippen LogP contribution in [0.15, 0.2) is 47.6 Å². The standard InChI is InChI=1S/C51H78N2O13P/c1-29-15-12-11-13-16-30(2)41(62-7)27-36-20-18-34(6)51(60,66-36)48(57)49(58)53-22-14-17-37-38(25-35-19-21-39(52-67(10)61)43(26-35)63-8)42(65-50(59)44(37)53)28-40(54)31(3)24-33(5)46(56)47(64-9)45(55)32(4)23-29/h11-13,15-16,24,29,31-32,34-39,41-44,46-47,56,60H,14,17-23,25-28H2,1-10H3,(H,52,61)/q+1/b13-11-,15-12-,30-16-,33-24-/t29-,31?,32?,34?,35?,36+,37?,38+,39?,41+,42+,43?,44?,46?,47+,51?/m1/s1. The molecule has 4 bridgehead atoms. The van der Waals surface area contributed by atoms with Crippen molar-refractivity contribution in [1.29, 1.82) is 0 Å². The van der Waals surface area contributed by atoms with Crippen LogP contribution in [-0.4, -0.2) is 133 Å². The minimum atomic E-state index is -2.44. The second kappa shape index (κ2) is 24.5. The third-order valence-corrected chi connectivity index (χ3v) is 16.0. The number of ether oxygens (including phenoxy) is 5. The van der Waals surface area contributed by atoms with Crippen LogP contribution in [0.5, 0.6) is 0 Å². The van der Waals surface area contributed by atoms with Gasteiger partial charge in [0.05, 0.1) is 24.4 Å². The zero-order valence-electron chi connectivity index (χ0n) is 41.4. The molecule has 3 N–H and O–H groups in total. The van der Waals surface area contributed by atoms with Gasteiger partial charge in [0.1, 0.15) is 30.1 Å². The Bertz CT molecular complexity index is 1920. The van der Waals surface area contributed by atoms with Crippen LogP contribution < -0.4 is 5.09 Å². The summed E-state index contributed by atoms with van der Waals surface area (Å²) in [5.74, 6) is -8.45. The molecule has 11 unspecified atom stereocenters. The number of amides is 1. The van der Waals surface area contributed by atoms with Crippen LogP contribution in [0.4, 0.5) is 0 Å². The van der Waals surface area contributed by atoms with E-state index in [-0.39, 0.29) is 48.5 Å². The predicted octanol–water partition coefficient (Wildman–Crippen LogP) is 6.37. The average molecular weight is 958 g/mol. The van der Waals surface area contributed by atoms with Crippen molar-refractivity contribution in [3.05, 3.63) is 47.6 Å². The fourth-order valence-electron chi connectivity index (χ4n) is 11.3. The van der Waals surface area contributed by atoms with Gasteiger partial charge < -0.3 is 38.8 Å². The summed E-state index contributed by atoms with van der Waals surface area (Å²) in [4.78, 5) is 72.5. The van der Waals surface area contributed by atoms with Crippen LogP contribution >= 0.6 is 7.95 Å². The van der Waals surface area contributed by atoms with E-state index in [1.165, 1.54) is 12.0 Å². The quantitative estimate of drug-likeness (QED) is 0.110. The number of allylic oxidation sites excluding steroid dienone is 6. The van der Waals surface area contributed by atoms with Crippen LogP contribution in [0.1, 0.15) is 112 Å². The third-order valence-electron chi connectivity index (χ3n) is 15.3. The molecule has 4 fully saturated rings. The van der Waals surface area contributed by atoms with Crippen LogP contribution in [0.2, 0.25) is 0 Å². The highest BCUT2D eigenvalue weighted by atomic mass is 31.1. The molecule has 374 valence electrons. The Kier molecular flexibility index (Phi) is 20.0. The molecule has 0 aromatic rings. The zero-order valence-corrected chi connectivity index (χ0v) is 42.3. The molecule has 0 aromatic heterocycles. The number of ketones is 3. The fourth-order valence-corrected chi connectivity index (χ4v) is 12.1. The fraction of sp³-hybridized carbons (Fsp3) is 0.745. The maximum atomic E-state index is 14.5. The van der Waals surface area contributed by atoms with E-state index < -0.39 is 97.5 Å². The van der Waals surface area contributed by atoms with E-state index in [1.54, 1.807) is 47.7 Å². The number of Topliss-reactive ketones (excluding diaryl/α,β-unsaturated/α-hetero) is 3. The Morgan fingerprint density at radius 2 is 1.63 bits per heavy atom. The molecule has 0 aromatic carbocycles. The molecule has 67 heavy (non-hydrogen) atoms. The largest absolute Gasteiger partial charge is 0.460 e. The summed E-state index contributed by atoms with van der Waals surface area (Å²) in [6, 6.07) is -1.24. The van der Waals surface area contributed by atoms with E-state index in [0.717, 1.165) is 12.0 Å². The lowest BCUT2D eigenvalue weighted by atomic mass is 9.67. The molecule has 5 aliphatic rings. The van der Waals surface area contributed by atoms with Crippen molar-refractivity contribution < 1.29 is 62.4 Å². The smallest absolute Gasteiger partial charge is 0.429 e. The lowest BCUT2D eigenvalue weighted by Gasteiger charge is -2.50. The molecule has 0 spiro atoms. The molecular weight excluding hydrogens is 880 g/mol. The van der Waals surface area contributed by atoms with Crippen LogP contribution in [0, 0.1) is 41.4 Å². The van der Waals surface area contributed by atoms with Gasteiger partial charge in [0, 0.05) is 64.4 Å². The van der Waals surface area contributed by atoms with Crippen molar-refractivity contribution in [2.45, 2.75) is 167 Å². The lowest BCUT2D eigenvalue weighted by molar-refractivity contribution is -0.266. The first-order valence-corrected chi connectivity index (χ1v) is 26.1. The maximum absolute atomic E-state index is 14.5. The van der Waals surface area contributed by atoms with E-state index in [4.69, 9.17) is 23.7 Å². The molecule has 17 atom stereocenters. The van der Waals surface area contributed by atoms with Crippen molar-refractivity contribution in [3.8, 4) is 0 Å². The molecule has 16 heteroatoms. The summed E-state index contributed by atoms with van der Waals surface area (Å²) < 4.78 is 41.9. The number of aliphatic hydroxyl groups is 2. The zero-order chi connectivity index (χ0) is 49.3. The number of aliphatic hydroxyl groups excluding tert-OH is 1. The first kappa shape index (κ1) is 54.7. The number of piperidine rings is 1. The summed E-state index contributed by atoms with van der Waals surface area (Å²) in [5.41, 5.74) is 1.27. The second-order valence-corrected chi connectivity index (χ2v) is 21.4. The highest BCUT2D eigenvalue weighted by molar-refractivity contribution is 7.41. The average Bonchev–Trinajstić information content (AvgIpc) is 3.29. The van der Waals surface area contributed by atoms with E-state index in [0.29, 0.717) is 63.4 Å². The SMILES string of the molecule is COC1CC(C[C@H]2C3CCCN4C(=O)C(=O)C5(O)O[C@@H](CCC5C)C[C@H](OC)\C(C)=C/C=C\C=C/[C@@H](C)CC(C)C(=O)[C@H](OC)C(O)/C(C)=C\C(C)C(=O)C[C@@H]2OC(=O)C34)CCC1N[P+](C)=O. The Balaban J connectivity index is 1.51. The molecule has 3 saturated heterocycles. The number of nitrogens with one attached hydrogen (secondary N) is 1. The van der Waals surface area contributed by atoms with Gasteiger partial charge in [0.2, 0.25) is 5.79 Å². The first-order chi connectivity index (χ1) is 31.7.